The van der Waals surface area contributed by atoms with Gasteiger partial charge in [-0.25, -0.2) is 0 Å². The number of benzene rings is 2. The van der Waals surface area contributed by atoms with Gasteiger partial charge >= 0.3 is 0 Å². The summed E-state index contributed by atoms with van der Waals surface area (Å²) in [4.78, 5) is 11.7. The van der Waals surface area contributed by atoms with Crippen molar-refractivity contribution >= 4 is 11.6 Å². The van der Waals surface area contributed by atoms with E-state index in [0.717, 1.165) is 11.3 Å². The van der Waals surface area contributed by atoms with Gasteiger partial charge in [-0.05, 0) is 24.1 Å². The zero-order chi connectivity index (χ0) is 13.2. The maximum absolute atomic E-state index is 11.7. The highest BCUT2D eigenvalue weighted by Crippen LogP contribution is 2.30. The molecule has 0 saturated heterocycles. The average molecular weight is 252 g/mol. The third kappa shape index (κ3) is 2.37. The second-order valence-corrected chi connectivity index (χ2v) is 4.86. The Morgan fingerprint density at radius 3 is 2.68 bits per heavy atom. The standard InChI is InChI=1S/C16H16N2O/c1-11-7-8-14-13(9-11)16(17-10-15(19)18-14)12-5-3-2-4-6-12/h2-9,16-17H,10H2,1H3,(H,18,19)/t16-/m0/s1. The fourth-order valence-corrected chi connectivity index (χ4v) is 2.48. The Kier molecular flexibility index (Phi) is 3.05. The van der Waals surface area contributed by atoms with Gasteiger partial charge in [0, 0.05) is 5.69 Å². The van der Waals surface area contributed by atoms with Crippen molar-refractivity contribution in [1.29, 1.82) is 0 Å². The zero-order valence-electron chi connectivity index (χ0n) is 10.8. The number of anilines is 1. The van der Waals surface area contributed by atoms with Crippen molar-refractivity contribution < 1.29 is 4.79 Å². The van der Waals surface area contributed by atoms with E-state index >= 15 is 0 Å². The smallest absolute Gasteiger partial charge is 0.238 e. The molecule has 3 rings (SSSR count). The number of hydrogen-bond acceptors (Lipinski definition) is 2. The molecule has 96 valence electrons. The van der Waals surface area contributed by atoms with E-state index in [0.29, 0.717) is 6.54 Å². The second kappa shape index (κ2) is 4.86. The quantitative estimate of drug-likeness (QED) is 0.819. The molecule has 0 spiro atoms. The summed E-state index contributed by atoms with van der Waals surface area (Å²) in [6.45, 7) is 2.39. The van der Waals surface area contributed by atoms with Crippen molar-refractivity contribution in [1.82, 2.24) is 5.32 Å². The van der Waals surface area contributed by atoms with E-state index in [1.807, 2.05) is 30.3 Å². The number of nitrogens with one attached hydrogen (secondary N) is 2. The SMILES string of the molecule is Cc1ccc2c(c1)[C@H](c1ccccc1)NCC(=O)N2. The first-order valence-corrected chi connectivity index (χ1v) is 6.43. The maximum Gasteiger partial charge on any atom is 0.238 e. The van der Waals surface area contributed by atoms with Gasteiger partial charge in [0.2, 0.25) is 5.91 Å². The first-order chi connectivity index (χ1) is 9.24. The molecule has 0 aliphatic carbocycles. The Bertz CT molecular complexity index is 607. The minimum atomic E-state index is 0.00327. The molecule has 0 saturated carbocycles. The minimum Gasteiger partial charge on any atom is -0.325 e. The van der Waals surface area contributed by atoms with Crippen LogP contribution in [-0.2, 0) is 4.79 Å². The second-order valence-electron chi connectivity index (χ2n) is 4.86. The van der Waals surface area contributed by atoms with Crippen molar-refractivity contribution in [2.75, 3.05) is 11.9 Å². The van der Waals surface area contributed by atoms with Crippen LogP contribution < -0.4 is 10.6 Å². The Balaban J connectivity index is 2.11. The molecule has 2 aromatic carbocycles. The first-order valence-electron chi connectivity index (χ1n) is 6.43. The summed E-state index contributed by atoms with van der Waals surface area (Å²) in [5.74, 6) is 0.00327. The molecule has 0 aromatic heterocycles. The van der Waals surface area contributed by atoms with Gasteiger partial charge in [0.1, 0.15) is 0 Å². The Hall–Kier alpha value is -2.13. The number of carbonyl (C=O) groups excluding carboxylic acids is 1. The van der Waals surface area contributed by atoms with E-state index in [1.54, 1.807) is 0 Å². The van der Waals surface area contributed by atoms with Crippen LogP contribution in [0.4, 0.5) is 5.69 Å². The van der Waals surface area contributed by atoms with Gasteiger partial charge in [-0.1, -0.05) is 48.0 Å². The lowest BCUT2D eigenvalue weighted by atomic mass is 9.96. The Labute approximate surface area is 112 Å². The Morgan fingerprint density at radius 1 is 1.11 bits per heavy atom. The van der Waals surface area contributed by atoms with Gasteiger partial charge in [-0.3, -0.25) is 10.1 Å². The topological polar surface area (TPSA) is 41.1 Å². The van der Waals surface area contributed by atoms with Crippen LogP contribution in [0.2, 0.25) is 0 Å². The van der Waals surface area contributed by atoms with Crippen molar-refractivity contribution in [3.8, 4) is 0 Å². The summed E-state index contributed by atoms with van der Waals surface area (Å²) < 4.78 is 0. The molecule has 0 unspecified atom stereocenters. The molecule has 2 aromatic rings. The van der Waals surface area contributed by atoms with Gasteiger partial charge in [0.15, 0.2) is 0 Å². The molecule has 0 bridgehead atoms. The van der Waals surface area contributed by atoms with Crippen LogP contribution in [0.1, 0.15) is 22.7 Å². The van der Waals surface area contributed by atoms with Crippen LogP contribution in [0.15, 0.2) is 48.5 Å². The van der Waals surface area contributed by atoms with Crippen molar-refractivity contribution in [2.24, 2.45) is 0 Å². The van der Waals surface area contributed by atoms with Gasteiger partial charge < -0.3 is 5.32 Å². The molecule has 0 radical (unpaired) electrons. The molecule has 2 N–H and O–H groups in total. The molecule has 3 heteroatoms. The third-order valence-corrected chi connectivity index (χ3v) is 3.39. The van der Waals surface area contributed by atoms with Gasteiger partial charge in [-0.15, -0.1) is 0 Å². The van der Waals surface area contributed by atoms with Gasteiger partial charge in [0.25, 0.3) is 0 Å². The summed E-state index contributed by atoms with van der Waals surface area (Å²) in [6.07, 6.45) is 0. The highest BCUT2D eigenvalue weighted by atomic mass is 16.1. The molecule has 3 nitrogen and oxygen atoms in total. The summed E-state index contributed by atoms with van der Waals surface area (Å²) >= 11 is 0. The maximum atomic E-state index is 11.7. The first kappa shape index (κ1) is 11.9. The summed E-state index contributed by atoms with van der Waals surface area (Å²) in [7, 11) is 0. The molecule has 1 aliphatic rings. The van der Waals surface area contributed by atoms with Crippen LogP contribution in [-0.4, -0.2) is 12.5 Å². The normalized spacial score (nSPS) is 18.4. The number of carbonyl (C=O) groups is 1. The predicted molar refractivity (Wildman–Crippen MR) is 76.1 cm³/mol. The van der Waals surface area contributed by atoms with E-state index < -0.39 is 0 Å². The number of fused-ring (bicyclic) bond motifs is 1. The minimum absolute atomic E-state index is 0.00327. The van der Waals surface area contributed by atoms with Gasteiger partial charge in [0.05, 0.1) is 12.6 Å². The fraction of sp³-hybridized carbons (Fsp3) is 0.188. The van der Waals surface area contributed by atoms with Crippen LogP contribution >= 0.6 is 0 Å². The van der Waals surface area contributed by atoms with E-state index in [-0.39, 0.29) is 11.9 Å². The molecule has 1 aliphatic heterocycles. The zero-order valence-corrected chi connectivity index (χ0v) is 10.8. The molecule has 19 heavy (non-hydrogen) atoms. The van der Waals surface area contributed by atoms with E-state index in [9.17, 15) is 4.79 Å². The Morgan fingerprint density at radius 2 is 1.89 bits per heavy atom. The third-order valence-electron chi connectivity index (χ3n) is 3.39. The largest absolute Gasteiger partial charge is 0.325 e. The average Bonchev–Trinajstić information content (AvgIpc) is 2.58. The van der Waals surface area contributed by atoms with Crippen LogP contribution in [0, 0.1) is 6.92 Å². The van der Waals surface area contributed by atoms with Crippen LogP contribution in [0.3, 0.4) is 0 Å². The predicted octanol–water partition coefficient (Wildman–Crippen LogP) is 2.63. The lowest BCUT2D eigenvalue weighted by Crippen LogP contribution is -2.27. The van der Waals surface area contributed by atoms with E-state index in [4.69, 9.17) is 0 Å². The van der Waals surface area contributed by atoms with Crippen molar-refractivity contribution in [3.63, 3.8) is 0 Å². The van der Waals surface area contributed by atoms with Crippen molar-refractivity contribution in [2.45, 2.75) is 13.0 Å². The number of amides is 1. The fourth-order valence-electron chi connectivity index (χ4n) is 2.48. The summed E-state index contributed by atoms with van der Waals surface area (Å²) in [6, 6.07) is 16.4. The lowest BCUT2D eigenvalue weighted by Gasteiger charge is -2.19. The van der Waals surface area contributed by atoms with Crippen LogP contribution in [0.25, 0.3) is 0 Å². The van der Waals surface area contributed by atoms with Gasteiger partial charge in [-0.2, -0.15) is 0 Å². The van der Waals surface area contributed by atoms with E-state index in [1.165, 1.54) is 11.1 Å². The molecule has 1 amide bonds. The molecule has 1 atom stereocenters. The number of rotatable bonds is 1. The number of hydrogen-bond donors (Lipinski definition) is 2. The lowest BCUT2D eigenvalue weighted by molar-refractivity contribution is -0.115. The molecular weight excluding hydrogens is 236 g/mol. The molecule has 0 fully saturated rings. The highest BCUT2D eigenvalue weighted by Gasteiger charge is 2.22. The highest BCUT2D eigenvalue weighted by molar-refractivity contribution is 5.94. The molecule has 1 heterocycles. The summed E-state index contributed by atoms with van der Waals surface area (Å²) in [5, 5.41) is 6.27. The molecular formula is C16H16N2O. The number of aryl methyl sites for hydroxylation is 1. The van der Waals surface area contributed by atoms with Crippen molar-refractivity contribution in [3.05, 3.63) is 65.2 Å². The van der Waals surface area contributed by atoms with E-state index in [2.05, 4.69) is 35.8 Å². The summed E-state index contributed by atoms with van der Waals surface area (Å²) in [5.41, 5.74) is 4.38. The van der Waals surface area contributed by atoms with Crippen LogP contribution in [0.5, 0.6) is 0 Å². The monoisotopic (exact) mass is 252 g/mol.